The van der Waals surface area contributed by atoms with Crippen molar-refractivity contribution in [2.75, 3.05) is 11.5 Å². The Morgan fingerprint density at radius 1 is 0.848 bits per heavy atom. The van der Waals surface area contributed by atoms with Gasteiger partial charge in [-0.3, -0.25) is 9.59 Å². The highest BCUT2D eigenvalue weighted by atomic mass is 16.5. The first-order valence-corrected chi connectivity index (χ1v) is 10.8. The summed E-state index contributed by atoms with van der Waals surface area (Å²) in [5.74, 6) is -0.173. The van der Waals surface area contributed by atoms with Crippen molar-refractivity contribution in [2.24, 2.45) is 0 Å². The van der Waals surface area contributed by atoms with Crippen LogP contribution in [0, 0.1) is 0 Å². The maximum absolute atomic E-state index is 12.6. The van der Waals surface area contributed by atoms with Crippen molar-refractivity contribution in [1.82, 2.24) is 0 Å². The van der Waals surface area contributed by atoms with Crippen LogP contribution < -0.4 is 14.4 Å². The van der Waals surface area contributed by atoms with Gasteiger partial charge in [0, 0.05) is 6.08 Å². The van der Waals surface area contributed by atoms with Crippen molar-refractivity contribution in [3.05, 3.63) is 95.6 Å². The molecule has 0 fully saturated rings. The van der Waals surface area contributed by atoms with E-state index in [1.165, 1.54) is 6.08 Å². The van der Waals surface area contributed by atoms with Crippen LogP contribution in [0.1, 0.15) is 46.0 Å². The molecule has 0 saturated heterocycles. The van der Waals surface area contributed by atoms with Gasteiger partial charge in [0.25, 0.3) is 11.8 Å². The number of nitrogens with zero attached hydrogens (tertiary/aromatic N) is 1. The smallest absolute Gasteiger partial charge is 0.336 e. The van der Waals surface area contributed by atoms with Gasteiger partial charge in [-0.1, -0.05) is 37.6 Å². The molecule has 0 saturated carbocycles. The topological polar surface area (TPSA) is 72.9 Å². The van der Waals surface area contributed by atoms with Crippen LogP contribution in [0.5, 0.6) is 11.5 Å². The molecule has 6 nitrogen and oxygen atoms in total. The van der Waals surface area contributed by atoms with Crippen LogP contribution in [0.3, 0.4) is 0 Å². The van der Waals surface area contributed by atoms with Gasteiger partial charge in [0.15, 0.2) is 0 Å². The second-order valence-corrected chi connectivity index (χ2v) is 7.51. The number of fused-ring (bicyclic) bond motifs is 1. The van der Waals surface area contributed by atoms with Crippen LogP contribution in [-0.2, 0) is 4.79 Å². The Balaban J connectivity index is 1.35. The summed E-state index contributed by atoms with van der Waals surface area (Å²) in [7, 11) is 0. The van der Waals surface area contributed by atoms with Gasteiger partial charge in [-0.15, -0.1) is 0 Å². The molecule has 0 N–H and O–H groups in total. The predicted octanol–water partition coefficient (Wildman–Crippen LogP) is 5.28. The number of hydrogen-bond donors (Lipinski definition) is 0. The summed E-state index contributed by atoms with van der Waals surface area (Å²) in [4.78, 5) is 38.4. The third kappa shape index (κ3) is 5.01. The Morgan fingerprint density at radius 3 is 2.06 bits per heavy atom. The second-order valence-electron chi connectivity index (χ2n) is 7.51. The molecular weight excluding hydrogens is 418 g/mol. The number of rotatable bonds is 8. The molecule has 166 valence electrons. The number of unbranched alkanes of at least 4 members (excludes halogenated alkanes) is 1. The normalized spacial score (nSPS) is 12.8. The second kappa shape index (κ2) is 9.96. The Bertz CT molecular complexity index is 1160. The SMILES string of the molecule is CCCCOc1ccc(/C=C/C(=O)Oc2ccc(N3C(=O)c4ccccc4C3=O)cc2)cc1. The van der Waals surface area contributed by atoms with Crippen molar-refractivity contribution in [3.63, 3.8) is 0 Å². The number of esters is 1. The van der Waals surface area contributed by atoms with Gasteiger partial charge in [0.1, 0.15) is 11.5 Å². The molecule has 0 spiro atoms. The lowest BCUT2D eigenvalue weighted by atomic mass is 10.1. The van der Waals surface area contributed by atoms with E-state index in [0.29, 0.717) is 29.2 Å². The van der Waals surface area contributed by atoms with Crippen molar-refractivity contribution in [1.29, 1.82) is 0 Å². The maximum Gasteiger partial charge on any atom is 0.336 e. The third-order valence-corrected chi connectivity index (χ3v) is 5.17. The molecule has 0 atom stereocenters. The Labute approximate surface area is 192 Å². The van der Waals surface area contributed by atoms with Gasteiger partial charge >= 0.3 is 5.97 Å². The molecule has 33 heavy (non-hydrogen) atoms. The highest BCUT2D eigenvalue weighted by molar-refractivity contribution is 6.34. The minimum atomic E-state index is -0.535. The van der Waals surface area contributed by atoms with Gasteiger partial charge in [0.2, 0.25) is 0 Å². The molecule has 0 aliphatic carbocycles. The number of imide groups is 1. The number of hydrogen-bond acceptors (Lipinski definition) is 5. The highest BCUT2D eigenvalue weighted by Crippen LogP contribution is 2.29. The van der Waals surface area contributed by atoms with Crippen molar-refractivity contribution in [2.45, 2.75) is 19.8 Å². The van der Waals surface area contributed by atoms with Crippen LogP contribution in [0.4, 0.5) is 5.69 Å². The zero-order valence-corrected chi connectivity index (χ0v) is 18.2. The van der Waals surface area contributed by atoms with E-state index in [1.807, 2.05) is 24.3 Å². The predicted molar refractivity (Wildman–Crippen MR) is 126 cm³/mol. The summed E-state index contributed by atoms with van der Waals surface area (Å²) in [5.41, 5.74) is 2.01. The van der Waals surface area contributed by atoms with Crippen molar-refractivity contribution < 1.29 is 23.9 Å². The van der Waals surface area contributed by atoms with E-state index in [2.05, 4.69) is 6.92 Å². The quantitative estimate of drug-likeness (QED) is 0.156. The van der Waals surface area contributed by atoms with Gasteiger partial charge in [0.05, 0.1) is 23.4 Å². The van der Waals surface area contributed by atoms with Crippen LogP contribution in [0.25, 0.3) is 6.08 Å². The Morgan fingerprint density at radius 2 is 1.45 bits per heavy atom. The first kappa shape index (κ1) is 22.0. The summed E-state index contributed by atoms with van der Waals surface area (Å²) < 4.78 is 10.9. The van der Waals surface area contributed by atoms with Crippen molar-refractivity contribution >= 4 is 29.5 Å². The summed E-state index contributed by atoms with van der Waals surface area (Å²) in [6, 6.07) is 20.4. The molecule has 3 aromatic carbocycles. The van der Waals surface area contributed by atoms with E-state index in [-0.39, 0.29) is 11.8 Å². The summed E-state index contributed by atoms with van der Waals surface area (Å²) in [6.07, 6.45) is 5.08. The molecular formula is C27H23NO5. The number of amides is 2. The largest absolute Gasteiger partial charge is 0.494 e. The average molecular weight is 441 g/mol. The molecule has 0 aromatic heterocycles. The highest BCUT2D eigenvalue weighted by Gasteiger charge is 2.36. The average Bonchev–Trinajstić information content (AvgIpc) is 3.09. The van der Waals surface area contributed by atoms with E-state index in [0.717, 1.165) is 29.1 Å². The van der Waals surface area contributed by atoms with Gasteiger partial charge in [-0.2, -0.15) is 0 Å². The first-order chi connectivity index (χ1) is 16.1. The lowest BCUT2D eigenvalue weighted by molar-refractivity contribution is -0.128. The molecule has 0 unspecified atom stereocenters. The van der Waals surface area contributed by atoms with E-state index in [9.17, 15) is 14.4 Å². The Hall–Kier alpha value is -4.19. The molecule has 1 aliphatic rings. The maximum atomic E-state index is 12.6. The van der Waals surface area contributed by atoms with E-state index >= 15 is 0 Å². The van der Waals surface area contributed by atoms with E-state index < -0.39 is 5.97 Å². The summed E-state index contributed by atoms with van der Waals surface area (Å²) in [6.45, 7) is 2.79. The molecule has 2 amide bonds. The van der Waals surface area contributed by atoms with E-state index in [4.69, 9.17) is 9.47 Å². The van der Waals surface area contributed by atoms with Crippen LogP contribution >= 0.6 is 0 Å². The number of carbonyl (C=O) groups excluding carboxylic acids is 3. The number of ether oxygens (including phenoxy) is 2. The molecule has 0 bridgehead atoms. The number of anilines is 1. The van der Waals surface area contributed by atoms with Gasteiger partial charge in [-0.25, -0.2) is 9.69 Å². The molecule has 1 heterocycles. The molecule has 3 aromatic rings. The van der Waals surface area contributed by atoms with Crippen molar-refractivity contribution in [3.8, 4) is 11.5 Å². The molecule has 6 heteroatoms. The Kier molecular flexibility index (Phi) is 6.64. The fourth-order valence-electron chi connectivity index (χ4n) is 3.41. The molecule has 1 aliphatic heterocycles. The van der Waals surface area contributed by atoms with Gasteiger partial charge < -0.3 is 9.47 Å². The summed E-state index contributed by atoms with van der Waals surface area (Å²) >= 11 is 0. The minimum absolute atomic E-state index is 0.310. The van der Waals surface area contributed by atoms with Crippen LogP contribution in [0.2, 0.25) is 0 Å². The molecule has 4 rings (SSSR count). The lowest BCUT2D eigenvalue weighted by Gasteiger charge is -2.14. The number of benzene rings is 3. The van der Waals surface area contributed by atoms with E-state index in [1.54, 1.807) is 54.6 Å². The van der Waals surface area contributed by atoms with Crippen LogP contribution in [-0.4, -0.2) is 24.4 Å². The monoisotopic (exact) mass is 441 g/mol. The minimum Gasteiger partial charge on any atom is -0.494 e. The number of carbonyl (C=O) groups is 3. The van der Waals surface area contributed by atoms with Gasteiger partial charge in [-0.05, 0) is 66.6 Å². The fraction of sp³-hybridized carbons (Fsp3) is 0.148. The zero-order chi connectivity index (χ0) is 23.2. The standard InChI is InChI=1S/C27H23NO5/c1-2-3-18-32-21-13-8-19(9-14-21)10-17-25(29)33-22-15-11-20(12-16-22)28-26(30)23-6-4-5-7-24(23)27(28)31/h4-17H,2-3,18H2,1H3/b17-10+. The van der Waals surface area contributed by atoms with Crippen LogP contribution in [0.15, 0.2) is 78.9 Å². The first-order valence-electron chi connectivity index (χ1n) is 10.8. The molecule has 0 radical (unpaired) electrons. The zero-order valence-electron chi connectivity index (χ0n) is 18.2. The fourth-order valence-corrected chi connectivity index (χ4v) is 3.41. The lowest BCUT2D eigenvalue weighted by Crippen LogP contribution is -2.29. The third-order valence-electron chi connectivity index (χ3n) is 5.17. The summed E-state index contributed by atoms with van der Waals surface area (Å²) in [5, 5.41) is 0.